The highest BCUT2D eigenvalue weighted by molar-refractivity contribution is 6.31. The lowest BCUT2D eigenvalue weighted by atomic mass is 10.0. The number of hydrogen-bond donors (Lipinski definition) is 0. The van der Waals surface area contributed by atoms with Gasteiger partial charge in [0.05, 0.1) is 22.4 Å². The molecule has 10 rings (SSSR count). The third kappa shape index (κ3) is 7.45. The van der Waals surface area contributed by atoms with Crippen LogP contribution in [0.2, 0.25) is 15.2 Å². The van der Waals surface area contributed by atoms with Gasteiger partial charge in [-0.3, -0.25) is 28.1 Å². The highest BCUT2D eigenvalue weighted by atomic mass is 35.5. The molecule has 10 aromatic rings. The van der Waals surface area contributed by atoms with Gasteiger partial charge in [-0.25, -0.2) is 9.97 Å². The zero-order chi connectivity index (χ0) is 41.7. The summed E-state index contributed by atoms with van der Waals surface area (Å²) in [4.78, 5) is 36.5. The Kier molecular flexibility index (Phi) is 10.3. The molecule has 0 unspecified atom stereocenters. The summed E-state index contributed by atoms with van der Waals surface area (Å²) in [6, 6.07) is 37.5. The molecule has 6 aromatic heterocycles. The van der Waals surface area contributed by atoms with E-state index in [-0.39, 0.29) is 11.1 Å². The van der Waals surface area contributed by atoms with Crippen molar-refractivity contribution in [2.75, 3.05) is 0 Å². The molecule has 13 heteroatoms. The molecule has 0 amide bonds. The molecule has 0 radical (unpaired) electrons. The van der Waals surface area contributed by atoms with Gasteiger partial charge < -0.3 is 0 Å². The first-order valence-electron chi connectivity index (χ1n) is 19.2. The molecule has 0 bridgehead atoms. The zero-order valence-corrected chi connectivity index (χ0v) is 34.9. The minimum Gasteiger partial charge on any atom is -0.275 e. The highest BCUT2D eigenvalue weighted by Gasteiger charge is 2.17. The number of nitrogens with zero attached hydrogens (tertiary/aromatic N) is 8. The SMILES string of the molecule is CCCc1ccc2cc(-c3ccc4nn(C)cc4c3)c(=O)n(-c3ccc(Cl)cc3)c2n1.Cn1cc2cc(-c3cc4ccc(Cl)nc4n(-c4ccc(Cl)cc4)c3=O)ccc2n1. The Balaban J connectivity index is 0.000000154. The highest BCUT2D eigenvalue weighted by Crippen LogP contribution is 2.29. The fraction of sp³-hybridized carbons (Fsp3) is 0.106. The molecule has 4 aromatic carbocycles. The van der Waals surface area contributed by atoms with Crippen LogP contribution in [0.4, 0.5) is 0 Å². The lowest BCUT2D eigenvalue weighted by Crippen LogP contribution is -2.21. The second-order valence-corrected chi connectivity index (χ2v) is 15.8. The van der Waals surface area contributed by atoms with Crippen LogP contribution in [0.5, 0.6) is 0 Å². The van der Waals surface area contributed by atoms with Crippen LogP contribution in [-0.4, -0.2) is 38.7 Å². The van der Waals surface area contributed by atoms with Gasteiger partial charge in [-0.2, -0.15) is 10.2 Å². The fourth-order valence-electron chi connectivity index (χ4n) is 7.49. The minimum atomic E-state index is -0.183. The summed E-state index contributed by atoms with van der Waals surface area (Å²) >= 11 is 18.3. The zero-order valence-electron chi connectivity index (χ0n) is 32.6. The standard InChI is InChI=1S/C25H21ClN4O.C22H14Cl2N4O/c1-3-4-20-9-5-17-14-22(16-6-12-23-18(13-16)15-29(2)28-23)25(31)30(24(17)27-20)21-10-7-19(26)8-11-21;1-27-12-15-10-13(2-8-19(15)26-27)18-11-14-3-9-20(24)25-21(14)28(22(18)29)17-6-4-16(23)5-7-17/h5-15H,3-4H2,1-2H3;2-12H,1H3. The van der Waals surface area contributed by atoms with Crippen molar-refractivity contribution in [3.63, 3.8) is 0 Å². The third-order valence-corrected chi connectivity index (χ3v) is 11.0. The number of fused-ring (bicyclic) bond motifs is 4. The van der Waals surface area contributed by atoms with Crippen LogP contribution in [0.25, 0.3) is 77.5 Å². The van der Waals surface area contributed by atoms with Gasteiger partial charge in [-0.05, 0) is 127 Å². The van der Waals surface area contributed by atoms with Crippen molar-refractivity contribution in [2.24, 2.45) is 14.1 Å². The van der Waals surface area contributed by atoms with Crippen molar-refractivity contribution < 1.29 is 0 Å². The molecule has 0 N–H and O–H groups in total. The molecule has 0 saturated heterocycles. The largest absolute Gasteiger partial charge is 0.275 e. The first kappa shape index (κ1) is 38.9. The van der Waals surface area contributed by atoms with Crippen LogP contribution >= 0.6 is 34.8 Å². The number of benzene rings is 4. The van der Waals surface area contributed by atoms with E-state index in [9.17, 15) is 9.59 Å². The third-order valence-electron chi connectivity index (χ3n) is 10.3. The number of pyridine rings is 4. The molecule has 60 heavy (non-hydrogen) atoms. The first-order chi connectivity index (χ1) is 29.0. The molecular formula is C47H35Cl3N8O2. The van der Waals surface area contributed by atoms with Crippen LogP contribution in [0.1, 0.15) is 19.0 Å². The van der Waals surface area contributed by atoms with Crippen molar-refractivity contribution in [2.45, 2.75) is 19.8 Å². The van der Waals surface area contributed by atoms with Crippen molar-refractivity contribution in [3.8, 4) is 33.6 Å². The average Bonchev–Trinajstić information content (AvgIpc) is 3.81. The summed E-state index contributed by atoms with van der Waals surface area (Å²) in [6.07, 6.45) is 5.74. The Morgan fingerprint density at radius 3 is 1.47 bits per heavy atom. The van der Waals surface area contributed by atoms with E-state index in [1.54, 1.807) is 61.0 Å². The van der Waals surface area contributed by atoms with Crippen LogP contribution in [0.3, 0.4) is 0 Å². The average molecular weight is 850 g/mol. The van der Waals surface area contributed by atoms with Crippen LogP contribution in [0.15, 0.2) is 143 Å². The monoisotopic (exact) mass is 848 g/mol. The fourth-order valence-corrected chi connectivity index (χ4v) is 7.88. The maximum atomic E-state index is 13.7. The summed E-state index contributed by atoms with van der Waals surface area (Å²) in [7, 11) is 3.77. The molecule has 0 atom stereocenters. The smallest absolute Gasteiger partial charge is 0.264 e. The normalized spacial score (nSPS) is 11.4. The van der Waals surface area contributed by atoms with Crippen molar-refractivity contribution in [3.05, 3.63) is 175 Å². The Morgan fingerprint density at radius 1 is 0.517 bits per heavy atom. The van der Waals surface area contributed by atoms with E-state index in [2.05, 4.69) is 22.1 Å². The van der Waals surface area contributed by atoms with Crippen molar-refractivity contribution >= 4 is 78.7 Å². The predicted molar refractivity (Wildman–Crippen MR) is 243 cm³/mol. The van der Waals surface area contributed by atoms with Gasteiger partial charge in [0.2, 0.25) is 0 Å². The molecular weight excluding hydrogens is 815 g/mol. The molecule has 6 heterocycles. The Hall–Kier alpha value is -6.59. The van der Waals surface area contributed by atoms with Crippen LogP contribution in [0, 0.1) is 0 Å². The maximum absolute atomic E-state index is 13.7. The lowest BCUT2D eigenvalue weighted by molar-refractivity contribution is 0.779. The minimum absolute atomic E-state index is 0.112. The quantitative estimate of drug-likeness (QED) is 0.154. The van der Waals surface area contributed by atoms with Gasteiger partial charge in [-0.15, -0.1) is 0 Å². The molecule has 10 nitrogen and oxygen atoms in total. The second-order valence-electron chi connectivity index (χ2n) is 14.5. The van der Waals surface area contributed by atoms with E-state index in [0.717, 1.165) is 67.9 Å². The lowest BCUT2D eigenvalue weighted by Gasteiger charge is -2.14. The molecule has 0 aliphatic carbocycles. The maximum Gasteiger partial charge on any atom is 0.264 e. The number of hydrogen-bond acceptors (Lipinski definition) is 6. The van der Waals surface area contributed by atoms with E-state index in [1.165, 1.54) is 0 Å². The summed E-state index contributed by atoms with van der Waals surface area (Å²) < 4.78 is 6.79. The Labute approximate surface area is 358 Å². The Morgan fingerprint density at radius 2 is 0.983 bits per heavy atom. The van der Waals surface area contributed by atoms with Gasteiger partial charge in [0.15, 0.2) is 0 Å². The number of rotatable bonds is 6. The van der Waals surface area contributed by atoms with Crippen molar-refractivity contribution in [1.82, 2.24) is 38.7 Å². The van der Waals surface area contributed by atoms with Crippen LogP contribution in [-0.2, 0) is 20.5 Å². The summed E-state index contributed by atoms with van der Waals surface area (Å²) in [5.41, 5.74) is 7.88. The number of halogens is 3. The van der Waals surface area contributed by atoms with E-state index in [1.807, 2.05) is 105 Å². The van der Waals surface area contributed by atoms with Gasteiger partial charge in [0.1, 0.15) is 16.4 Å². The second kappa shape index (κ2) is 15.9. The summed E-state index contributed by atoms with van der Waals surface area (Å²) in [5, 5.41) is 14.1. The molecule has 0 saturated carbocycles. The first-order valence-corrected chi connectivity index (χ1v) is 20.3. The van der Waals surface area contributed by atoms with Gasteiger partial charge >= 0.3 is 0 Å². The predicted octanol–water partition coefficient (Wildman–Crippen LogP) is 10.8. The number of aromatic nitrogens is 8. The summed E-state index contributed by atoms with van der Waals surface area (Å²) in [6.45, 7) is 2.12. The van der Waals surface area contributed by atoms with Crippen LogP contribution < -0.4 is 11.1 Å². The summed E-state index contributed by atoms with van der Waals surface area (Å²) in [5.74, 6) is 0. The molecule has 296 valence electrons. The Bertz CT molecular complexity index is 3390. The van der Waals surface area contributed by atoms with Gasteiger partial charge in [0.25, 0.3) is 11.1 Å². The van der Waals surface area contributed by atoms with Crippen molar-refractivity contribution in [1.29, 1.82) is 0 Å². The van der Waals surface area contributed by atoms with E-state index < -0.39 is 0 Å². The van der Waals surface area contributed by atoms with E-state index in [4.69, 9.17) is 39.8 Å². The van der Waals surface area contributed by atoms with E-state index in [0.29, 0.717) is 43.3 Å². The van der Waals surface area contributed by atoms with Gasteiger partial charge in [-0.1, -0.05) is 60.3 Å². The molecule has 0 aliphatic rings. The van der Waals surface area contributed by atoms with E-state index >= 15 is 0 Å². The topological polar surface area (TPSA) is 105 Å². The number of aryl methyl sites for hydroxylation is 3. The van der Waals surface area contributed by atoms with Gasteiger partial charge in [0, 0.05) is 74.9 Å². The molecule has 0 spiro atoms. The molecule has 0 aliphatic heterocycles. The molecule has 0 fully saturated rings.